The zero-order valence-corrected chi connectivity index (χ0v) is 20.8. The number of morpholine rings is 1. The molecule has 0 radical (unpaired) electrons. The summed E-state index contributed by atoms with van der Waals surface area (Å²) in [7, 11) is 1.66. The van der Waals surface area contributed by atoms with Gasteiger partial charge in [0, 0.05) is 46.8 Å². The number of aryl methyl sites for hydroxylation is 1. The van der Waals surface area contributed by atoms with Gasteiger partial charge in [-0.25, -0.2) is 0 Å². The van der Waals surface area contributed by atoms with Gasteiger partial charge in [-0.2, -0.15) is 0 Å². The fourth-order valence-corrected chi connectivity index (χ4v) is 4.73. The van der Waals surface area contributed by atoms with Gasteiger partial charge in [-0.05, 0) is 52.3 Å². The van der Waals surface area contributed by atoms with Crippen molar-refractivity contribution in [1.29, 1.82) is 0 Å². The number of rotatable bonds is 6. The van der Waals surface area contributed by atoms with E-state index in [1.165, 1.54) is 0 Å². The topological polar surface area (TPSA) is 61.1 Å². The molecule has 6 heteroatoms. The predicted octanol–water partition coefficient (Wildman–Crippen LogP) is 5.85. The van der Waals surface area contributed by atoms with E-state index in [4.69, 9.17) is 18.6 Å². The number of hydrogen-bond donors (Lipinski definition) is 0. The molecule has 0 spiro atoms. The largest absolute Gasteiger partial charge is 0.496 e. The van der Waals surface area contributed by atoms with Crippen LogP contribution in [0.2, 0.25) is 0 Å². The molecule has 2 heterocycles. The Morgan fingerprint density at radius 2 is 1.88 bits per heavy atom. The molecule has 2 atom stereocenters. The molecule has 1 fully saturated rings. The van der Waals surface area contributed by atoms with E-state index in [2.05, 4.69) is 6.07 Å². The molecule has 1 aliphatic rings. The Morgan fingerprint density at radius 1 is 1.18 bits per heavy atom. The molecular weight excluding hydrogens is 430 g/mol. The number of benzene rings is 2. The Balaban J connectivity index is 1.81. The Bertz CT molecular complexity index is 1220. The predicted molar refractivity (Wildman–Crippen MR) is 134 cm³/mol. The van der Waals surface area contributed by atoms with Gasteiger partial charge in [0.15, 0.2) is 0 Å². The summed E-state index contributed by atoms with van der Waals surface area (Å²) in [6.45, 7) is 11.6. The normalized spacial score (nSPS) is 18.9. The van der Waals surface area contributed by atoms with Gasteiger partial charge in [-0.3, -0.25) is 4.79 Å². The molecule has 4 rings (SSSR count). The van der Waals surface area contributed by atoms with Crippen molar-refractivity contribution in [1.82, 2.24) is 4.90 Å². The maximum absolute atomic E-state index is 13.1. The lowest BCUT2D eigenvalue weighted by Crippen LogP contribution is -2.47. The smallest absolute Gasteiger partial charge is 0.247 e. The third-order valence-electron chi connectivity index (χ3n) is 6.23. The molecule has 1 amide bonds. The summed E-state index contributed by atoms with van der Waals surface area (Å²) in [6.07, 6.45) is 3.51. The summed E-state index contributed by atoms with van der Waals surface area (Å²) in [4.78, 5) is 15.0. The number of para-hydroxylation sites is 1. The second kappa shape index (κ2) is 9.94. The van der Waals surface area contributed by atoms with Crippen LogP contribution in [0, 0.1) is 6.92 Å². The molecule has 0 bridgehead atoms. The zero-order valence-electron chi connectivity index (χ0n) is 20.8. The number of ether oxygens (including phenoxy) is 3. The lowest BCUT2D eigenvalue weighted by atomic mass is 9.96. The lowest BCUT2D eigenvalue weighted by molar-refractivity contribution is -0.137. The first-order chi connectivity index (χ1) is 16.3. The molecule has 2 aromatic carbocycles. The first-order valence-electron chi connectivity index (χ1n) is 11.8. The van der Waals surface area contributed by atoms with Crippen molar-refractivity contribution in [3.05, 3.63) is 53.8 Å². The highest BCUT2D eigenvalue weighted by Crippen LogP contribution is 2.42. The van der Waals surface area contributed by atoms with Crippen LogP contribution in [0.3, 0.4) is 0 Å². The van der Waals surface area contributed by atoms with E-state index in [0.29, 0.717) is 19.7 Å². The number of allylic oxidation sites excluding steroid dienone is 1. The Morgan fingerprint density at radius 3 is 2.56 bits per heavy atom. The molecule has 3 aromatic rings. The molecular formula is C28H33NO5. The summed E-state index contributed by atoms with van der Waals surface area (Å²) in [5, 5.41) is 0.953. The van der Waals surface area contributed by atoms with Crippen LogP contribution in [0.4, 0.5) is 0 Å². The van der Waals surface area contributed by atoms with Gasteiger partial charge < -0.3 is 23.5 Å². The molecule has 6 nitrogen and oxygen atoms in total. The Kier molecular flexibility index (Phi) is 6.98. The molecule has 0 aliphatic carbocycles. The number of amides is 1. The zero-order chi connectivity index (χ0) is 24.4. The minimum absolute atomic E-state index is 0.0168. The molecule has 1 saturated heterocycles. The van der Waals surface area contributed by atoms with Crippen LogP contribution in [0.15, 0.2) is 47.1 Å². The van der Waals surface area contributed by atoms with E-state index in [9.17, 15) is 4.79 Å². The molecule has 1 aliphatic heterocycles. The molecule has 2 unspecified atom stereocenters. The van der Waals surface area contributed by atoms with Crippen molar-refractivity contribution < 1.29 is 23.4 Å². The third kappa shape index (κ3) is 4.55. The second-order valence-electron chi connectivity index (χ2n) is 8.87. The van der Waals surface area contributed by atoms with Crippen LogP contribution in [0.25, 0.3) is 27.7 Å². The monoisotopic (exact) mass is 463 g/mol. The number of carbonyl (C=O) groups excluding carboxylic acids is 1. The number of furan rings is 1. The van der Waals surface area contributed by atoms with E-state index < -0.39 is 0 Å². The van der Waals surface area contributed by atoms with Crippen LogP contribution in [0.1, 0.15) is 38.8 Å². The van der Waals surface area contributed by atoms with Crippen molar-refractivity contribution >= 4 is 22.4 Å². The second-order valence-corrected chi connectivity index (χ2v) is 8.87. The third-order valence-corrected chi connectivity index (χ3v) is 6.23. The molecule has 180 valence electrons. The molecule has 0 saturated carbocycles. The van der Waals surface area contributed by atoms with Crippen molar-refractivity contribution in [2.75, 3.05) is 26.8 Å². The van der Waals surface area contributed by atoms with Crippen molar-refractivity contribution in [2.24, 2.45) is 0 Å². The SMILES string of the molecule is CCOc1c(/C(C)=C/C(=O)N2CC(C)OC(C)C2)cc2c(-c3ccccc3OC)coc2c1C. The Hall–Kier alpha value is -3.25. The number of fused-ring (bicyclic) bond motifs is 1. The van der Waals surface area contributed by atoms with Crippen molar-refractivity contribution in [3.63, 3.8) is 0 Å². The van der Waals surface area contributed by atoms with Gasteiger partial charge in [0.1, 0.15) is 17.1 Å². The van der Waals surface area contributed by atoms with Crippen LogP contribution >= 0.6 is 0 Å². The van der Waals surface area contributed by atoms with Crippen molar-refractivity contribution in [2.45, 2.75) is 46.8 Å². The number of methoxy groups -OCH3 is 1. The number of nitrogens with zero attached hydrogens (tertiary/aromatic N) is 1. The standard InChI is InChI=1S/C28H33NO5/c1-7-32-27-20(5)28-23(24(16-33-28)21-10-8-9-11-25(21)31-6)13-22(27)17(2)12-26(30)29-14-18(3)34-19(4)15-29/h8-13,16,18-19H,7,14-15H2,1-6H3/b17-12+. The Labute approximate surface area is 201 Å². The van der Waals surface area contributed by atoms with Gasteiger partial charge in [-0.15, -0.1) is 0 Å². The van der Waals surface area contributed by atoms with E-state index in [-0.39, 0.29) is 18.1 Å². The van der Waals surface area contributed by atoms with Crippen LogP contribution < -0.4 is 9.47 Å². The molecule has 1 aromatic heterocycles. The first kappa shape index (κ1) is 23.9. The fraction of sp³-hybridized carbons (Fsp3) is 0.393. The van der Waals surface area contributed by atoms with E-state index >= 15 is 0 Å². The fourth-order valence-electron chi connectivity index (χ4n) is 4.73. The van der Waals surface area contributed by atoms with E-state index in [1.54, 1.807) is 19.4 Å². The summed E-state index contributed by atoms with van der Waals surface area (Å²) >= 11 is 0. The van der Waals surface area contributed by atoms with Crippen molar-refractivity contribution in [3.8, 4) is 22.6 Å². The quantitative estimate of drug-likeness (QED) is 0.429. The summed E-state index contributed by atoms with van der Waals surface area (Å²) < 4.78 is 23.4. The van der Waals surface area contributed by atoms with E-state index in [1.807, 2.05) is 63.8 Å². The van der Waals surface area contributed by atoms with Crippen LogP contribution in [-0.2, 0) is 9.53 Å². The number of hydrogen-bond acceptors (Lipinski definition) is 5. The van der Waals surface area contributed by atoms with Gasteiger partial charge in [0.2, 0.25) is 5.91 Å². The highest BCUT2D eigenvalue weighted by molar-refractivity contribution is 6.02. The lowest BCUT2D eigenvalue weighted by Gasteiger charge is -2.34. The minimum atomic E-state index is -0.0168. The van der Waals surface area contributed by atoms with Gasteiger partial charge >= 0.3 is 0 Å². The van der Waals surface area contributed by atoms with Gasteiger partial charge in [0.25, 0.3) is 0 Å². The number of carbonyl (C=O) groups is 1. The van der Waals surface area contributed by atoms with Gasteiger partial charge in [0.05, 0.1) is 32.2 Å². The average molecular weight is 464 g/mol. The summed E-state index contributed by atoms with van der Waals surface area (Å²) in [5.41, 5.74) is 5.29. The molecule has 0 N–H and O–H groups in total. The van der Waals surface area contributed by atoms with Gasteiger partial charge in [-0.1, -0.05) is 18.2 Å². The first-order valence-corrected chi connectivity index (χ1v) is 11.8. The highest BCUT2D eigenvalue weighted by atomic mass is 16.5. The van der Waals surface area contributed by atoms with Crippen LogP contribution in [0.5, 0.6) is 11.5 Å². The summed E-state index contributed by atoms with van der Waals surface area (Å²) in [6, 6.07) is 9.93. The maximum atomic E-state index is 13.1. The highest BCUT2D eigenvalue weighted by Gasteiger charge is 2.26. The van der Waals surface area contributed by atoms with E-state index in [0.717, 1.165) is 50.3 Å². The van der Waals surface area contributed by atoms with Crippen LogP contribution in [-0.4, -0.2) is 49.8 Å². The maximum Gasteiger partial charge on any atom is 0.247 e. The summed E-state index contributed by atoms with van der Waals surface area (Å²) in [5.74, 6) is 1.49. The molecule has 34 heavy (non-hydrogen) atoms. The minimum Gasteiger partial charge on any atom is -0.496 e. The average Bonchev–Trinajstić information content (AvgIpc) is 3.24.